The Labute approximate surface area is 118 Å². The number of aromatic nitrogens is 2. The number of nitrogens with one attached hydrogen (secondary N) is 1. The molecule has 1 aliphatic heterocycles. The number of carbonyl (C=O) groups is 1. The molecule has 3 atom stereocenters. The lowest BCUT2D eigenvalue weighted by molar-refractivity contribution is -0.121. The molecule has 1 aliphatic rings. The summed E-state index contributed by atoms with van der Waals surface area (Å²) in [6, 6.07) is 0.0536. The first-order valence-electron chi connectivity index (χ1n) is 6.59. The second-order valence-electron chi connectivity index (χ2n) is 4.78. The van der Waals surface area contributed by atoms with Crippen molar-refractivity contribution in [2.45, 2.75) is 37.2 Å². The van der Waals surface area contributed by atoms with Gasteiger partial charge in [-0.1, -0.05) is 6.92 Å². The van der Waals surface area contributed by atoms with Crippen molar-refractivity contribution in [1.29, 1.82) is 0 Å². The molecule has 1 fully saturated rings. The van der Waals surface area contributed by atoms with Crippen LogP contribution in [0.25, 0.3) is 0 Å². The summed E-state index contributed by atoms with van der Waals surface area (Å²) >= 11 is 1.59. The minimum absolute atomic E-state index is 0.0233. The highest BCUT2D eigenvalue weighted by Gasteiger charge is 2.32. The summed E-state index contributed by atoms with van der Waals surface area (Å²) in [7, 11) is 1.88. The normalized spacial score (nSPS) is 24.4. The maximum Gasteiger partial charge on any atom is 0.233 e. The molecule has 0 spiro atoms. The monoisotopic (exact) mass is 283 g/mol. The number of rotatable bonds is 5. The Morgan fingerprint density at radius 2 is 2.53 bits per heavy atom. The number of carbonyl (C=O) groups excluding carboxylic acids is 1. The largest absolute Gasteiger partial charge is 0.371 e. The predicted octanol–water partition coefficient (Wildman–Crippen LogP) is 1.51. The zero-order valence-electron chi connectivity index (χ0n) is 11.6. The van der Waals surface area contributed by atoms with Crippen LogP contribution in [0.4, 0.5) is 0 Å². The fraction of sp³-hybridized carbons (Fsp3) is 0.692. The average Bonchev–Trinajstić information content (AvgIpc) is 2.99. The first-order valence-corrected chi connectivity index (χ1v) is 7.87. The van der Waals surface area contributed by atoms with Crippen molar-refractivity contribution in [3.8, 4) is 0 Å². The van der Waals surface area contributed by atoms with E-state index < -0.39 is 0 Å². The molecule has 0 aromatic carbocycles. The number of hydrogen-bond donors (Lipinski definition) is 1. The number of hydrogen-bond acceptors (Lipinski definition) is 4. The summed E-state index contributed by atoms with van der Waals surface area (Å²) in [6.07, 6.45) is 7.35. The first-order chi connectivity index (χ1) is 9.15. The minimum atomic E-state index is -0.0722. The van der Waals surface area contributed by atoms with Crippen molar-refractivity contribution < 1.29 is 9.53 Å². The van der Waals surface area contributed by atoms with Crippen LogP contribution in [-0.2, 0) is 16.6 Å². The van der Waals surface area contributed by atoms with Gasteiger partial charge in [0.15, 0.2) is 0 Å². The van der Waals surface area contributed by atoms with E-state index in [0.29, 0.717) is 6.61 Å². The molecule has 1 N–H and O–H groups in total. The van der Waals surface area contributed by atoms with E-state index in [0.717, 1.165) is 18.4 Å². The van der Waals surface area contributed by atoms with Crippen LogP contribution in [0.15, 0.2) is 12.4 Å². The molecule has 1 aromatic rings. The van der Waals surface area contributed by atoms with Crippen LogP contribution in [0.3, 0.4) is 0 Å². The van der Waals surface area contributed by atoms with Crippen molar-refractivity contribution in [1.82, 2.24) is 15.1 Å². The SMILES string of the molecule is CC[C@H](SC)C(=O)N[C@H]1CCO[C@@H]1c1cnn(C)c1. The summed E-state index contributed by atoms with van der Waals surface area (Å²) in [5.74, 6) is 0.111. The molecule has 0 aliphatic carbocycles. The molecule has 0 bridgehead atoms. The molecule has 2 heterocycles. The molecule has 6 heteroatoms. The van der Waals surface area contributed by atoms with Crippen molar-refractivity contribution in [3.63, 3.8) is 0 Å². The van der Waals surface area contributed by atoms with Gasteiger partial charge in [0.1, 0.15) is 6.10 Å². The van der Waals surface area contributed by atoms with Crippen LogP contribution < -0.4 is 5.32 Å². The highest BCUT2D eigenvalue weighted by atomic mass is 32.2. The number of nitrogens with zero attached hydrogens (tertiary/aromatic N) is 2. The molecule has 1 saturated heterocycles. The van der Waals surface area contributed by atoms with E-state index in [1.165, 1.54) is 0 Å². The predicted molar refractivity (Wildman–Crippen MR) is 76.0 cm³/mol. The molecule has 1 aromatic heterocycles. The molecular weight excluding hydrogens is 262 g/mol. The smallest absolute Gasteiger partial charge is 0.233 e. The van der Waals surface area contributed by atoms with Crippen molar-refractivity contribution in [2.75, 3.05) is 12.9 Å². The molecular formula is C13H21N3O2S. The average molecular weight is 283 g/mol. The van der Waals surface area contributed by atoms with Gasteiger partial charge in [0.25, 0.3) is 0 Å². The summed E-state index contributed by atoms with van der Waals surface area (Å²) in [6.45, 7) is 2.71. The van der Waals surface area contributed by atoms with Gasteiger partial charge in [-0.2, -0.15) is 16.9 Å². The lowest BCUT2D eigenvalue weighted by Gasteiger charge is -2.21. The van der Waals surface area contributed by atoms with E-state index in [9.17, 15) is 4.79 Å². The van der Waals surface area contributed by atoms with Gasteiger partial charge in [-0.25, -0.2) is 0 Å². The van der Waals surface area contributed by atoms with Crippen LogP contribution in [-0.4, -0.2) is 39.8 Å². The lowest BCUT2D eigenvalue weighted by Crippen LogP contribution is -2.41. The fourth-order valence-electron chi connectivity index (χ4n) is 2.39. The second kappa shape index (κ2) is 6.43. The number of ether oxygens (including phenoxy) is 1. The summed E-state index contributed by atoms with van der Waals surface area (Å²) in [5, 5.41) is 7.30. The number of amides is 1. The van der Waals surface area contributed by atoms with Crippen molar-refractivity contribution >= 4 is 17.7 Å². The first kappa shape index (κ1) is 14.4. The van der Waals surface area contributed by atoms with E-state index in [1.54, 1.807) is 22.6 Å². The minimum Gasteiger partial charge on any atom is -0.371 e. The Morgan fingerprint density at radius 3 is 3.11 bits per heavy atom. The van der Waals surface area contributed by atoms with Crippen LogP contribution >= 0.6 is 11.8 Å². The topological polar surface area (TPSA) is 56.1 Å². The highest BCUT2D eigenvalue weighted by Crippen LogP contribution is 2.29. The van der Waals surface area contributed by atoms with Gasteiger partial charge in [-0.3, -0.25) is 9.48 Å². The Hall–Kier alpha value is -1.01. The molecule has 106 valence electrons. The third kappa shape index (κ3) is 3.30. The number of thioether (sulfide) groups is 1. The summed E-state index contributed by atoms with van der Waals surface area (Å²) < 4.78 is 7.49. The third-order valence-corrected chi connectivity index (χ3v) is 4.54. The molecule has 2 rings (SSSR count). The molecule has 5 nitrogen and oxygen atoms in total. The molecule has 0 radical (unpaired) electrons. The van der Waals surface area contributed by atoms with E-state index in [1.807, 2.05) is 26.4 Å². The Balaban J connectivity index is 2.01. The fourth-order valence-corrected chi connectivity index (χ4v) is 3.00. The van der Waals surface area contributed by atoms with Gasteiger partial charge in [-0.05, 0) is 19.1 Å². The third-order valence-electron chi connectivity index (χ3n) is 3.42. The van der Waals surface area contributed by atoms with E-state index in [2.05, 4.69) is 10.4 Å². The zero-order chi connectivity index (χ0) is 13.8. The van der Waals surface area contributed by atoms with Gasteiger partial charge in [0.2, 0.25) is 5.91 Å². The number of aryl methyl sites for hydroxylation is 1. The Morgan fingerprint density at radius 1 is 1.74 bits per heavy atom. The van der Waals surface area contributed by atoms with E-state index >= 15 is 0 Å². The summed E-state index contributed by atoms with van der Waals surface area (Å²) in [4.78, 5) is 12.1. The molecule has 0 unspecified atom stereocenters. The van der Waals surface area contributed by atoms with Gasteiger partial charge >= 0.3 is 0 Å². The Kier molecular flexibility index (Phi) is 4.87. The highest BCUT2D eigenvalue weighted by molar-refractivity contribution is 7.99. The van der Waals surface area contributed by atoms with Crippen molar-refractivity contribution in [2.24, 2.45) is 7.05 Å². The van der Waals surface area contributed by atoms with Gasteiger partial charge in [0, 0.05) is 25.4 Å². The maximum atomic E-state index is 12.1. The Bertz CT molecular complexity index is 431. The molecule has 19 heavy (non-hydrogen) atoms. The van der Waals surface area contributed by atoms with Crippen LogP contribution in [0, 0.1) is 0 Å². The zero-order valence-corrected chi connectivity index (χ0v) is 12.4. The standard InChI is InChI=1S/C13H21N3O2S/c1-4-11(19-3)13(17)15-10-5-6-18-12(10)9-7-14-16(2)8-9/h7-8,10-12H,4-6H2,1-3H3,(H,15,17)/t10-,11-,12+/m0/s1. The quantitative estimate of drug-likeness (QED) is 0.890. The van der Waals surface area contributed by atoms with Crippen LogP contribution in [0.1, 0.15) is 31.4 Å². The van der Waals surface area contributed by atoms with Gasteiger partial charge in [-0.15, -0.1) is 0 Å². The lowest BCUT2D eigenvalue weighted by atomic mass is 10.1. The van der Waals surface area contributed by atoms with Gasteiger partial charge < -0.3 is 10.1 Å². The van der Waals surface area contributed by atoms with Crippen LogP contribution in [0.5, 0.6) is 0 Å². The summed E-state index contributed by atoms with van der Waals surface area (Å²) in [5.41, 5.74) is 1.03. The maximum absolute atomic E-state index is 12.1. The molecule has 0 saturated carbocycles. The second-order valence-corrected chi connectivity index (χ2v) is 5.82. The van der Waals surface area contributed by atoms with Crippen molar-refractivity contribution in [3.05, 3.63) is 18.0 Å². The van der Waals surface area contributed by atoms with E-state index in [-0.39, 0.29) is 23.3 Å². The molecule has 1 amide bonds. The van der Waals surface area contributed by atoms with E-state index in [4.69, 9.17) is 4.74 Å². The van der Waals surface area contributed by atoms with Crippen LogP contribution in [0.2, 0.25) is 0 Å². The van der Waals surface area contributed by atoms with Gasteiger partial charge in [0.05, 0.1) is 17.5 Å².